The van der Waals surface area contributed by atoms with Gasteiger partial charge in [-0.1, -0.05) is 23.2 Å². The number of halogens is 3. The maximum atomic E-state index is 11.7. The van der Waals surface area contributed by atoms with Gasteiger partial charge in [0.15, 0.2) is 0 Å². The first-order chi connectivity index (χ1) is 9.34. The van der Waals surface area contributed by atoms with E-state index in [2.05, 4.69) is 5.32 Å². The summed E-state index contributed by atoms with van der Waals surface area (Å²) in [7, 11) is 0. The van der Waals surface area contributed by atoms with Crippen molar-refractivity contribution in [1.29, 1.82) is 0 Å². The molecule has 0 saturated carbocycles. The molecule has 3 N–H and O–H groups in total. The van der Waals surface area contributed by atoms with Crippen molar-refractivity contribution in [3.05, 3.63) is 28.2 Å². The molecule has 1 aromatic rings. The molecular weight excluding hydrogens is 335 g/mol. The van der Waals surface area contributed by atoms with Crippen molar-refractivity contribution >= 4 is 41.5 Å². The molecule has 0 bridgehead atoms. The lowest BCUT2D eigenvalue weighted by Gasteiger charge is -2.24. The second kappa shape index (κ2) is 9.36. The van der Waals surface area contributed by atoms with Crippen LogP contribution < -0.4 is 15.8 Å². The molecular formula is C14H21Cl3N2O2. The third kappa shape index (κ3) is 7.77. The van der Waals surface area contributed by atoms with Crippen LogP contribution in [0, 0.1) is 0 Å². The van der Waals surface area contributed by atoms with E-state index in [1.807, 2.05) is 13.8 Å². The highest BCUT2D eigenvalue weighted by molar-refractivity contribution is 6.35. The van der Waals surface area contributed by atoms with Crippen molar-refractivity contribution in [1.82, 2.24) is 5.32 Å². The number of amides is 1. The van der Waals surface area contributed by atoms with Crippen LogP contribution in [0.1, 0.15) is 26.7 Å². The number of hydrogen-bond acceptors (Lipinski definition) is 3. The third-order valence-electron chi connectivity index (χ3n) is 2.69. The van der Waals surface area contributed by atoms with Crippen molar-refractivity contribution in [3.8, 4) is 5.75 Å². The zero-order chi connectivity index (χ0) is 15.2. The molecule has 0 aromatic heterocycles. The van der Waals surface area contributed by atoms with Gasteiger partial charge in [-0.25, -0.2) is 0 Å². The van der Waals surface area contributed by atoms with Crippen LogP contribution in [0.4, 0.5) is 0 Å². The number of hydrogen-bond donors (Lipinski definition) is 2. The SMILES string of the molecule is CC(C)(CN)NC(=O)CCCOc1ccc(Cl)cc1Cl.Cl. The lowest BCUT2D eigenvalue weighted by Crippen LogP contribution is -2.48. The maximum Gasteiger partial charge on any atom is 0.220 e. The summed E-state index contributed by atoms with van der Waals surface area (Å²) in [5, 5.41) is 3.89. The Balaban J connectivity index is 0.00000400. The molecule has 21 heavy (non-hydrogen) atoms. The predicted octanol–water partition coefficient (Wildman–Crippen LogP) is 3.43. The van der Waals surface area contributed by atoms with Crippen molar-refractivity contribution in [2.75, 3.05) is 13.2 Å². The first-order valence-corrected chi connectivity index (χ1v) is 7.18. The summed E-state index contributed by atoms with van der Waals surface area (Å²) in [5.41, 5.74) is 5.17. The number of nitrogens with two attached hydrogens (primary N) is 1. The molecule has 0 aliphatic heterocycles. The highest BCUT2D eigenvalue weighted by Gasteiger charge is 2.17. The number of nitrogens with one attached hydrogen (secondary N) is 1. The molecule has 7 heteroatoms. The van der Waals surface area contributed by atoms with Gasteiger partial charge in [0.2, 0.25) is 5.91 Å². The standard InChI is InChI=1S/C14H20Cl2N2O2.ClH/c1-14(2,9-17)18-13(19)4-3-7-20-12-6-5-10(15)8-11(12)16;/h5-6,8H,3-4,7,9,17H2,1-2H3,(H,18,19);1H. The van der Waals surface area contributed by atoms with Gasteiger partial charge in [0.05, 0.1) is 11.6 Å². The molecule has 1 amide bonds. The van der Waals surface area contributed by atoms with Gasteiger partial charge in [-0.2, -0.15) is 0 Å². The average Bonchev–Trinajstić information content (AvgIpc) is 2.36. The Morgan fingerprint density at radius 3 is 2.62 bits per heavy atom. The summed E-state index contributed by atoms with van der Waals surface area (Å²) in [4.78, 5) is 11.7. The number of benzene rings is 1. The normalized spacial score (nSPS) is 10.7. The van der Waals surface area contributed by atoms with E-state index in [9.17, 15) is 4.79 Å². The Hall–Kier alpha value is -0.680. The summed E-state index contributed by atoms with van der Waals surface area (Å²) >= 11 is 11.8. The Bertz CT molecular complexity index is 468. The van der Waals surface area contributed by atoms with Crippen LogP contribution in [0.5, 0.6) is 5.75 Å². The van der Waals surface area contributed by atoms with E-state index in [-0.39, 0.29) is 23.9 Å². The molecule has 120 valence electrons. The lowest BCUT2D eigenvalue weighted by molar-refractivity contribution is -0.122. The van der Waals surface area contributed by atoms with Crippen LogP contribution in [-0.4, -0.2) is 24.6 Å². The summed E-state index contributed by atoms with van der Waals surface area (Å²) in [6.45, 7) is 4.58. The summed E-state index contributed by atoms with van der Waals surface area (Å²) in [5.74, 6) is 0.532. The minimum absolute atomic E-state index is 0. The fourth-order valence-corrected chi connectivity index (χ4v) is 1.96. The van der Waals surface area contributed by atoms with Gasteiger partial charge in [-0.15, -0.1) is 12.4 Å². The van der Waals surface area contributed by atoms with Crippen molar-refractivity contribution < 1.29 is 9.53 Å². The molecule has 0 aliphatic rings. The number of ether oxygens (including phenoxy) is 1. The van der Waals surface area contributed by atoms with Gasteiger partial charge in [0.1, 0.15) is 5.75 Å². The predicted molar refractivity (Wildman–Crippen MR) is 89.7 cm³/mol. The van der Waals surface area contributed by atoms with Crippen LogP contribution in [-0.2, 0) is 4.79 Å². The Kier molecular flexibility index (Phi) is 9.06. The molecule has 4 nitrogen and oxygen atoms in total. The quantitative estimate of drug-likeness (QED) is 0.737. The van der Waals surface area contributed by atoms with Crippen molar-refractivity contribution in [3.63, 3.8) is 0 Å². The van der Waals surface area contributed by atoms with Gasteiger partial charge < -0.3 is 15.8 Å². The highest BCUT2D eigenvalue weighted by Crippen LogP contribution is 2.27. The Labute approximate surface area is 141 Å². The highest BCUT2D eigenvalue weighted by atomic mass is 35.5. The molecule has 1 rings (SSSR count). The van der Waals surface area contributed by atoms with E-state index < -0.39 is 0 Å². The molecule has 1 aromatic carbocycles. The summed E-state index contributed by atoms with van der Waals surface area (Å²) < 4.78 is 5.50. The van der Waals surface area contributed by atoms with E-state index in [0.717, 1.165) is 0 Å². The van der Waals surface area contributed by atoms with Gasteiger partial charge in [-0.05, 0) is 38.5 Å². The Morgan fingerprint density at radius 1 is 1.38 bits per heavy atom. The second-order valence-corrected chi connectivity index (χ2v) is 6.01. The topological polar surface area (TPSA) is 64.3 Å². The molecule has 0 saturated heterocycles. The minimum atomic E-state index is -0.378. The minimum Gasteiger partial charge on any atom is -0.492 e. The average molecular weight is 356 g/mol. The smallest absolute Gasteiger partial charge is 0.220 e. The van der Waals surface area contributed by atoms with Crippen LogP contribution in [0.3, 0.4) is 0 Å². The number of carbonyl (C=O) groups is 1. The van der Waals surface area contributed by atoms with Crippen LogP contribution in [0.15, 0.2) is 18.2 Å². The van der Waals surface area contributed by atoms with Gasteiger partial charge >= 0.3 is 0 Å². The largest absolute Gasteiger partial charge is 0.492 e. The van der Waals surface area contributed by atoms with Crippen LogP contribution >= 0.6 is 35.6 Å². The molecule has 0 aliphatic carbocycles. The fourth-order valence-electron chi connectivity index (χ4n) is 1.50. The maximum absolute atomic E-state index is 11.7. The van der Waals surface area contributed by atoms with Gasteiger partial charge in [-0.3, -0.25) is 4.79 Å². The van der Waals surface area contributed by atoms with Gasteiger partial charge in [0, 0.05) is 23.5 Å². The summed E-state index contributed by atoms with van der Waals surface area (Å²) in [6.07, 6.45) is 0.986. The van der Waals surface area contributed by atoms with E-state index in [1.165, 1.54) is 0 Å². The van der Waals surface area contributed by atoms with Crippen LogP contribution in [0.25, 0.3) is 0 Å². The van der Waals surface area contributed by atoms with E-state index in [1.54, 1.807) is 18.2 Å². The van der Waals surface area contributed by atoms with Crippen molar-refractivity contribution in [2.45, 2.75) is 32.2 Å². The van der Waals surface area contributed by atoms with Gasteiger partial charge in [0.25, 0.3) is 0 Å². The van der Waals surface area contributed by atoms with Crippen LogP contribution in [0.2, 0.25) is 10.0 Å². The molecule has 0 unspecified atom stereocenters. The molecule has 0 spiro atoms. The first-order valence-electron chi connectivity index (χ1n) is 6.43. The third-order valence-corrected chi connectivity index (χ3v) is 3.22. The molecule has 0 heterocycles. The molecule has 0 radical (unpaired) electrons. The molecule has 0 fully saturated rings. The lowest BCUT2D eigenvalue weighted by atomic mass is 10.1. The Morgan fingerprint density at radius 2 is 2.05 bits per heavy atom. The zero-order valence-corrected chi connectivity index (χ0v) is 14.4. The first kappa shape index (κ1) is 20.3. The van der Waals surface area contributed by atoms with E-state index >= 15 is 0 Å². The second-order valence-electron chi connectivity index (χ2n) is 5.16. The van der Waals surface area contributed by atoms with E-state index in [0.29, 0.717) is 41.8 Å². The molecule has 0 atom stereocenters. The fraction of sp³-hybridized carbons (Fsp3) is 0.500. The summed E-state index contributed by atoms with van der Waals surface area (Å²) in [6, 6.07) is 5.04. The van der Waals surface area contributed by atoms with E-state index in [4.69, 9.17) is 33.7 Å². The number of carbonyl (C=O) groups excluding carboxylic acids is 1. The zero-order valence-electron chi connectivity index (χ0n) is 12.1. The monoisotopic (exact) mass is 354 g/mol. The van der Waals surface area contributed by atoms with Crippen molar-refractivity contribution in [2.24, 2.45) is 5.73 Å². The number of rotatable bonds is 7.